The predicted molar refractivity (Wildman–Crippen MR) is 88.3 cm³/mol. The fourth-order valence-electron chi connectivity index (χ4n) is 1.84. The Morgan fingerprint density at radius 1 is 1.36 bits per heavy atom. The quantitative estimate of drug-likeness (QED) is 0.682. The molecule has 22 heavy (non-hydrogen) atoms. The lowest BCUT2D eigenvalue weighted by molar-refractivity contribution is 0.575. The van der Waals surface area contributed by atoms with Crippen molar-refractivity contribution >= 4 is 22.7 Å². The van der Waals surface area contributed by atoms with Gasteiger partial charge in [-0.1, -0.05) is 6.92 Å². The molecule has 0 aliphatic rings. The molecule has 0 radical (unpaired) electrons. The summed E-state index contributed by atoms with van der Waals surface area (Å²) in [6.45, 7) is 4.08. The van der Waals surface area contributed by atoms with Gasteiger partial charge in [0.1, 0.15) is 5.69 Å². The van der Waals surface area contributed by atoms with E-state index in [-0.39, 0.29) is 0 Å². The standard InChI is InChI=1S/C16H16N4OS/c1-3-12(2)19-20-14(15-7-5-9-21-15)11-22-16(20)18-13-6-4-8-17-10-13/h4-11H,3H2,1-2H3. The highest BCUT2D eigenvalue weighted by atomic mass is 32.1. The van der Waals surface area contributed by atoms with Gasteiger partial charge in [0.25, 0.3) is 0 Å². The maximum Gasteiger partial charge on any atom is 0.211 e. The van der Waals surface area contributed by atoms with Crippen molar-refractivity contribution < 1.29 is 4.42 Å². The van der Waals surface area contributed by atoms with E-state index in [0.29, 0.717) is 0 Å². The number of rotatable bonds is 4. The average Bonchev–Trinajstić information content (AvgIpc) is 3.19. The molecule has 0 aliphatic heterocycles. The molecule has 0 aromatic carbocycles. The topological polar surface area (TPSA) is 55.7 Å². The summed E-state index contributed by atoms with van der Waals surface area (Å²) in [5.41, 5.74) is 2.72. The Kier molecular flexibility index (Phi) is 4.29. The van der Waals surface area contributed by atoms with E-state index in [9.17, 15) is 0 Å². The molecule has 3 rings (SSSR count). The van der Waals surface area contributed by atoms with Gasteiger partial charge in [-0.3, -0.25) is 4.98 Å². The van der Waals surface area contributed by atoms with Gasteiger partial charge < -0.3 is 4.42 Å². The number of nitrogens with zero attached hydrogens (tertiary/aromatic N) is 4. The lowest BCUT2D eigenvalue weighted by Crippen LogP contribution is -2.13. The van der Waals surface area contributed by atoms with Crippen molar-refractivity contribution in [1.29, 1.82) is 0 Å². The van der Waals surface area contributed by atoms with Crippen molar-refractivity contribution in [2.45, 2.75) is 20.3 Å². The van der Waals surface area contributed by atoms with Gasteiger partial charge in [-0.15, -0.1) is 11.3 Å². The summed E-state index contributed by atoms with van der Waals surface area (Å²) in [7, 11) is 0. The average molecular weight is 312 g/mol. The van der Waals surface area contributed by atoms with Crippen LogP contribution < -0.4 is 4.80 Å². The minimum Gasteiger partial charge on any atom is -0.463 e. The van der Waals surface area contributed by atoms with E-state index in [1.54, 1.807) is 18.7 Å². The van der Waals surface area contributed by atoms with Gasteiger partial charge in [-0.25, -0.2) is 9.67 Å². The molecule has 0 fully saturated rings. The van der Waals surface area contributed by atoms with Gasteiger partial charge in [0, 0.05) is 17.3 Å². The SMILES string of the molecule is CCC(C)=Nn1c(-c2ccco2)csc1=Nc1cccnc1. The van der Waals surface area contributed by atoms with Crippen LogP contribution in [-0.2, 0) is 0 Å². The van der Waals surface area contributed by atoms with E-state index < -0.39 is 0 Å². The number of aromatic nitrogens is 2. The molecule has 3 aromatic rings. The molecule has 5 nitrogen and oxygen atoms in total. The third-order valence-electron chi connectivity index (χ3n) is 3.11. The van der Waals surface area contributed by atoms with Crippen LogP contribution in [0.25, 0.3) is 11.5 Å². The molecule has 112 valence electrons. The van der Waals surface area contributed by atoms with Crippen LogP contribution in [-0.4, -0.2) is 15.4 Å². The molecule has 0 spiro atoms. The molecular weight excluding hydrogens is 296 g/mol. The third-order valence-corrected chi connectivity index (χ3v) is 3.93. The minimum atomic E-state index is 0.775. The van der Waals surface area contributed by atoms with Crippen molar-refractivity contribution in [3.8, 4) is 11.5 Å². The van der Waals surface area contributed by atoms with Crippen molar-refractivity contribution in [2.75, 3.05) is 0 Å². The lowest BCUT2D eigenvalue weighted by Gasteiger charge is -2.02. The lowest BCUT2D eigenvalue weighted by atomic mass is 10.3. The van der Waals surface area contributed by atoms with Crippen LogP contribution in [0.5, 0.6) is 0 Å². The second-order valence-corrected chi connectivity index (χ2v) is 5.54. The van der Waals surface area contributed by atoms with Crippen LogP contribution >= 0.6 is 11.3 Å². The number of thiazole rings is 1. The van der Waals surface area contributed by atoms with E-state index in [1.807, 2.05) is 41.2 Å². The van der Waals surface area contributed by atoms with Gasteiger partial charge in [0.05, 0.1) is 18.1 Å². The molecule has 3 aromatic heterocycles. The first-order chi connectivity index (χ1) is 10.8. The number of pyridine rings is 1. The van der Waals surface area contributed by atoms with Gasteiger partial charge in [0.15, 0.2) is 5.76 Å². The van der Waals surface area contributed by atoms with Crippen molar-refractivity contribution in [3.63, 3.8) is 0 Å². The summed E-state index contributed by atoms with van der Waals surface area (Å²) in [4.78, 5) is 9.51. The summed E-state index contributed by atoms with van der Waals surface area (Å²) >= 11 is 1.52. The highest BCUT2D eigenvalue weighted by molar-refractivity contribution is 7.07. The molecular formula is C16H16N4OS. The smallest absolute Gasteiger partial charge is 0.211 e. The Balaban J connectivity index is 2.17. The number of furan rings is 1. The Hall–Kier alpha value is -2.47. The van der Waals surface area contributed by atoms with E-state index in [4.69, 9.17) is 4.42 Å². The van der Waals surface area contributed by atoms with Crippen molar-refractivity contribution in [2.24, 2.45) is 10.1 Å². The molecule has 6 heteroatoms. The molecule has 0 amide bonds. The summed E-state index contributed by atoms with van der Waals surface area (Å²) in [6, 6.07) is 7.57. The Morgan fingerprint density at radius 2 is 2.27 bits per heavy atom. The maximum absolute atomic E-state index is 5.50. The molecule has 0 N–H and O–H groups in total. The first kappa shape index (κ1) is 14.5. The van der Waals surface area contributed by atoms with Crippen LogP contribution in [0.2, 0.25) is 0 Å². The molecule has 0 unspecified atom stereocenters. The number of hydrogen-bond acceptors (Lipinski definition) is 5. The summed E-state index contributed by atoms with van der Waals surface area (Å²) in [5.74, 6) is 0.775. The second-order valence-electron chi connectivity index (χ2n) is 4.70. The fourth-order valence-corrected chi connectivity index (χ4v) is 2.67. The molecule has 0 aliphatic carbocycles. The van der Waals surface area contributed by atoms with Crippen LogP contribution in [0.3, 0.4) is 0 Å². The van der Waals surface area contributed by atoms with Crippen molar-refractivity contribution in [1.82, 2.24) is 9.66 Å². The molecule has 3 heterocycles. The first-order valence-corrected chi connectivity index (χ1v) is 7.89. The zero-order valence-corrected chi connectivity index (χ0v) is 13.2. The van der Waals surface area contributed by atoms with Gasteiger partial charge in [-0.05, 0) is 37.6 Å². The van der Waals surface area contributed by atoms with Gasteiger partial charge >= 0.3 is 0 Å². The van der Waals surface area contributed by atoms with Crippen LogP contribution in [0.4, 0.5) is 5.69 Å². The van der Waals surface area contributed by atoms with E-state index in [2.05, 4.69) is 22.0 Å². The monoisotopic (exact) mass is 312 g/mol. The molecule has 0 saturated heterocycles. The normalized spacial score (nSPS) is 12.8. The van der Waals surface area contributed by atoms with Gasteiger partial charge in [-0.2, -0.15) is 5.10 Å². The molecule has 0 bridgehead atoms. The van der Waals surface area contributed by atoms with Crippen molar-refractivity contribution in [3.05, 3.63) is 53.1 Å². The Bertz CT molecular complexity index is 829. The Morgan fingerprint density at radius 3 is 2.95 bits per heavy atom. The number of hydrogen-bond donors (Lipinski definition) is 0. The van der Waals surface area contributed by atoms with E-state index in [1.165, 1.54) is 11.3 Å². The van der Waals surface area contributed by atoms with Crippen LogP contribution in [0, 0.1) is 0 Å². The minimum absolute atomic E-state index is 0.775. The van der Waals surface area contributed by atoms with E-state index >= 15 is 0 Å². The third kappa shape index (κ3) is 3.07. The van der Waals surface area contributed by atoms with Crippen LogP contribution in [0.1, 0.15) is 20.3 Å². The largest absolute Gasteiger partial charge is 0.463 e. The highest BCUT2D eigenvalue weighted by Gasteiger charge is 2.10. The maximum atomic E-state index is 5.50. The summed E-state index contributed by atoms with van der Waals surface area (Å²) in [6.07, 6.45) is 6.00. The zero-order valence-electron chi connectivity index (χ0n) is 12.4. The van der Waals surface area contributed by atoms with Crippen LogP contribution in [0.15, 0.2) is 62.8 Å². The molecule has 0 saturated carbocycles. The summed E-state index contributed by atoms with van der Waals surface area (Å²) in [5, 5.41) is 6.66. The van der Waals surface area contributed by atoms with Gasteiger partial charge in [0.2, 0.25) is 4.80 Å². The fraction of sp³-hybridized carbons (Fsp3) is 0.188. The molecule has 0 atom stereocenters. The zero-order chi connectivity index (χ0) is 15.4. The van der Waals surface area contributed by atoms with E-state index in [0.717, 1.165) is 34.1 Å². The first-order valence-electron chi connectivity index (χ1n) is 7.01. The highest BCUT2D eigenvalue weighted by Crippen LogP contribution is 2.21. The Labute approximate surface area is 132 Å². The predicted octanol–water partition coefficient (Wildman–Crippen LogP) is 4.07. The second kappa shape index (κ2) is 6.53. The summed E-state index contributed by atoms with van der Waals surface area (Å²) < 4.78 is 7.33.